The van der Waals surface area contributed by atoms with Gasteiger partial charge in [-0.25, -0.2) is 9.59 Å². The second-order valence-corrected chi connectivity index (χ2v) is 4.63. The van der Waals surface area contributed by atoms with Gasteiger partial charge in [-0.3, -0.25) is 0 Å². The first-order valence-corrected chi connectivity index (χ1v) is 6.11. The third kappa shape index (κ3) is 3.84. The van der Waals surface area contributed by atoms with Crippen molar-refractivity contribution in [1.29, 1.82) is 0 Å². The van der Waals surface area contributed by atoms with Gasteiger partial charge in [0, 0.05) is 17.3 Å². The summed E-state index contributed by atoms with van der Waals surface area (Å²) in [4.78, 5) is 22.6. The molecule has 1 unspecified atom stereocenters. The topological polar surface area (TPSA) is 87.7 Å². The van der Waals surface area contributed by atoms with Gasteiger partial charge in [-0.2, -0.15) is 0 Å². The Bertz CT molecular complexity index is 501. The van der Waals surface area contributed by atoms with E-state index in [-0.39, 0.29) is 16.6 Å². The Morgan fingerprint density at radius 3 is 2.79 bits per heavy atom. The third-order valence-corrected chi connectivity index (χ3v) is 2.89. The molecule has 102 valence electrons. The maximum atomic E-state index is 11.7. The highest BCUT2D eigenvalue weighted by Gasteiger charge is 2.18. The summed E-state index contributed by atoms with van der Waals surface area (Å²) in [6.07, 6.45) is 0.767. The number of carboxylic acids is 1. The number of nitrogens with one attached hydrogen (secondary N) is 2. The van der Waals surface area contributed by atoms with Crippen LogP contribution < -0.4 is 10.6 Å². The van der Waals surface area contributed by atoms with Crippen molar-refractivity contribution in [2.24, 2.45) is 0 Å². The van der Waals surface area contributed by atoms with Gasteiger partial charge in [-0.1, -0.05) is 11.6 Å². The van der Waals surface area contributed by atoms with E-state index in [1.807, 2.05) is 0 Å². The zero-order valence-corrected chi connectivity index (χ0v) is 10.7. The molecule has 0 radical (unpaired) electrons. The van der Waals surface area contributed by atoms with Crippen molar-refractivity contribution in [3.8, 4) is 0 Å². The normalized spacial score (nSPS) is 18.1. The van der Waals surface area contributed by atoms with Crippen LogP contribution in [0.25, 0.3) is 0 Å². The van der Waals surface area contributed by atoms with E-state index < -0.39 is 12.0 Å². The van der Waals surface area contributed by atoms with Crippen molar-refractivity contribution in [3.63, 3.8) is 0 Å². The number of amides is 2. The number of aromatic carboxylic acids is 1. The van der Waals surface area contributed by atoms with E-state index in [0.29, 0.717) is 18.9 Å². The Hall–Kier alpha value is -1.79. The molecule has 7 heteroatoms. The number of hydrogen-bond donors (Lipinski definition) is 3. The lowest BCUT2D eigenvalue weighted by atomic mass is 10.2. The lowest BCUT2D eigenvalue weighted by molar-refractivity contribution is 0.0697. The number of carboxylic acid groups (broad SMARTS) is 1. The monoisotopic (exact) mass is 284 g/mol. The molecule has 0 spiro atoms. The molecule has 1 heterocycles. The molecule has 3 N–H and O–H groups in total. The van der Waals surface area contributed by atoms with E-state index in [9.17, 15) is 9.59 Å². The predicted octanol–water partition coefficient (Wildman–Crippen LogP) is 1.95. The molecule has 19 heavy (non-hydrogen) atoms. The van der Waals surface area contributed by atoms with Gasteiger partial charge in [0.05, 0.1) is 18.2 Å². The maximum absolute atomic E-state index is 11.7. The number of ether oxygens (including phenoxy) is 1. The summed E-state index contributed by atoms with van der Waals surface area (Å²) in [5.41, 5.74) is 0.355. The van der Waals surface area contributed by atoms with Gasteiger partial charge in [0.1, 0.15) is 0 Å². The van der Waals surface area contributed by atoms with Crippen LogP contribution in [0.5, 0.6) is 0 Å². The number of rotatable bonds is 3. The molecule has 1 aromatic carbocycles. The van der Waals surface area contributed by atoms with Crippen molar-refractivity contribution in [2.75, 3.05) is 18.5 Å². The number of benzene rings is 1. The van der Waals surface area contributed by atoms with Gasteiger partial charge in [0.25, 0.3) is 0 Å². The molecule has 0 saturated carbocycles. The average molecular weight is 285 g/mol. The van der Waals surface area contributed by atoms with Crippen molar-refractivity contribution in [3.05, 3.63) is 28.8 Å². The van der Waals surface area contributed by atoms with Crippen LogP contribution in [0.1, 0.15) is 16.8 Å². The van der Waals surface area contributed by atoms with Crippen LogP contribution in [0.4, 0.5) is 10.5 Å². The lowest BCUT2D eigenvalue weighted by Gasteiger charge is -2.12. The third-order valence-electron chi connectivity index (χ3n) is 2.67. The molecule has 1 aromatic rings. The van der Waals surface area contributed by atoms with Gasteiger partial charge < -0.3 is 20.5 Å². The van der Waals surface area contributed by atoms with Gasteiger partial charge in [0.15, 0.2) is 0 Å². The predicted molar refractivity (Wildman–Crippen MR) is 69.8 cm³/mol. The first-order chi connectivity index (χ1) is 9.04. The Balaban J connectivity index is 2.01. The first kappa shape index (κ1) is 13.6. The number of carbonyl (C=O) groups is 2. The molecular formula is C12H13ClN2O4. The minimum absolute atomic E-state index is 0.0156. The number of carbonyl (C=O) groups excluding carboxylic acids is 1. The summed E-state index contributed by atoms with van der Waals surface area (Å²) in [5.74, 6) is -1.10. The molecule has 0 bridgehead atoms. The van der Waals surface area contributed by atoms with E-state index >= 15 is 0 Å². The zero-order valence-electron chi connectivity index (χ0n) is 9.98. The molecule has 1 fully saturated rings. The minimum atomic E-state index is -1.10. The molecule has 0 aliphatic carbocycles. The lowest BCUT2D eigenvalue weighted by Crippen LogP contribution is -2.38. The van der Waals surface area contributed by atoms with E-state index in [1.165, 1.54) is 18.2 Å². The van der Waals surface area contributed by atoms with Gasteiger partial charge in [-0.05, 0) is 24.6 Å². The molecule has 6 nitrogen and oxygen atoms in total. The molecule has 1 aliphatic rings. The molecule has 1 aliphatic heterocycles. The molecule has 0 aromatic heterocycles. The van der Waals surface area contributed by atoms with Gasteiger partial charge in [0.2, 0.25) is 0 Å². The van der Waals surface area contributed by atoms with Crippen LogP contribution in [0, 0.1) is 0 Å². The fraction of sp³-hybridized carbons (Fsp3) is 0.333. The van der Waals surface area contributed by atoms with Crippen LogP contribution in [-0.4, -0.2) is 36.4 Å². The summed E-state index contributed by atoms with van der Waals surface area (Å²) in [5, 5.41) is 14.4. The standard InChI is InChI=1S/C12H13ClN2O4/c13-8-3-7(11(16)17)4-10(5-8)15-12(18)14-9-1-2-19-6-9/h3-5,9H,1-2,6H2,(H,16,17)(H2,14,15,18). The summed E-state index contributed by atoms with van der Waals surface area (Å²) in [6.45, 7) is 1.12. The summed E-state index contributed by atoms with van der Waals surface area (Å²) in [7, 11) is 0. The van der Waals surface area contributed by atoms with Crippen molar-refractivity contribution < 1.29 is 19.4 Å². The second kappa shape index (κ2) is 5.90. The Labute approximate surface area is 114 Å². The Morgan fingerprint density at radius 2 is 2.16 bits per heavy atom. The van der Waals surface area contributed by atoms with Crippen molar-refractivity contribution in [2.45, 2.75) is 12.5 Å². The Kier molecular flexibility index (Phi) is 4.24. The van der Waals surface area contributed by atoms with Gasteiger partial charge >= 0.3 is 12.0 Å². The SMILES string of the molecule is O=C(Nc1cc(Cl)cc(C(=O)O)c1)NC1CCOC1. The fourth-order valence-electron chi connectivity index (χ4n) is 1.79. The van der Waals surface area contributed by atoms with Crippen LogP contribution in [0.2, 0.25) is 5.02 Å². The van der Waals surface area contributed by atoms with E-state index in [0.717, 1.165) is 6.42 Å². The number of anilines is 1. The zero-order chi connectivity index (χ0) is 13.8. The molecule has 2 rings (SSSR count). The number of halogens is 1. The highest BCUT2D eigenvalue weighted by Crippen LogP contribution is 2.19. The number of urea groups is 1. The molecular weight excluding hydrogens is 272 g/mol. The summed E-state index contributed by atoms with van der Waals surface area (Å²) < 4.78 is 5.14. The highest BCUT2D eigenvalue weighted by atomic mass is 35.5. The van der Waals surface area contributed by atoms with Crippen LogP contribution in [-0.2, 0) is 4.74 Å². The van der Waals surface area contributed by atoms with E-state index in [4.69, 9.17) is 21.4 Å². The summed E-state index contributed by atoms with van der Waals surface area (Å²) in [6, 6.07) is 3.72. The second-order valence-electron chi connectivity index (χ2n) is 4.19. The van der Waals surface area contributed by atoms with Crippen LogP contribution in [0.3, 0.4) is 0 Å². The molecule has 1 saturated heterocycles. The molecule has 2 amide bonds. The Morgan fingerprint density at radius 1 is 1.37 bits per heavy atom. The van der Waals surface area contributed by atoms with Crippen LogP contribution >= 0.6 is 11.6 Å². The first-order valence-electron chi connectivity index (χ1n) is 5.74. The van der Waals surface area contributed by atoms with E-state index in [2.05, 4.69) is 10.6 Å². The maximum Gasteiger partial charge on any atom is 0.335 e. The van der Waals surface area contributed by atoms with Crippen molar-refractivity contribution in [1.82, 2.24) is 5.32 Å². The quantitative estimate of drug-likeness (QED) is 0.791. The van der Waals surface area contributed by atoms with Gasteiger partial charge in [-0.15, -0.1) is 0 Å². The van der Waals surface area contributed by atoms with E-state index in [1.54, 1.807) is 0 Å². The summed E-state index contributed by atoms with van der Waals surface area (Å²) >= 11 is 5.79. The minimum Gasteiger partial charge on any atom is -0.478 e. The number of hydrogen-bond acceptors (Lipinski definition) is 3. The largest absolute Gasteiger partial charge is 0.478 e. The smallest absolute Gasteiger partial charge is 0.335 e. The molecule has 1 atom stereocenters. The van der Waals surface area contributed by atoms with Crippen LogP contribution in [0.15, 0.2) is 18.2 Å². The van der Waals surface area contributed by atoms with Crippen molar-refractivity contribution >= 4 is 29.3 Å². The average Bonchev–Trinajstić information content (AvgIpc) is 2.80. The highest BCUT2D eigenvalue weighted by molar-refractivity contribution is 6.31. The fourth-order valence-corrected chi connectivity index (χ4v) is 2.02.